The van der Waals surface area contributed by atoms with Gasteiger partial charge in [-0.15, -0.1) is 0 Å². The van der Waals surface area contributed by atoms with Crippen molar-refractivity contribution in [1.29, 1.82) is 0 Å². The molecular weight excluding hydrogens is 252 g/mol. The largest absolute Gasteiger partial charge is 0.504 e. The Labute approximate surface area is 110 Å². The maximum atomic E-state index is 10.9. The van der Waals surface area contributed by atoms with Crippen molar-refractivity contribution in [3.63, 3.8) is 0 Å². The highest BCUT2D eigenvalue weighted by Crippen LogP contribution is 2.42. The summed E-state index contributed by atoms with van der Waals surface area (Å²) in [5.41, 5.74) is 5.18. The number of nitro groups is 1. The molecule has 7 heteroatoms. The molecule has 0 unspecified atom stereocenters. The van der Waals surface area contributed by atoms with E-state index in [1.165, 1.54) is 13.2 Å². The van der Waals surface area contributed by atoms with E-state index in [2.05, 4.69) is 0 Å². The number of rotatable bonds is 5. The van der Waals surface area contributed by atoms with Crippen LogP contribution in [0.1, 0.15) is 25.5 Å². The summed E-state index contributed by atoms with van der Waals surface area (Å²) in [5.74, 6) is -0.268. The molecule has 0 radical (unpaired) electrons. The van der Waals surface area contributed by atoms with Gasteiger partial charge in [-0.3, -0.25) is 10.1 Å². The summed E-state index contributed by atoms with van der Waals surface area (Å²) in [7, 11) is 1.30. The molecule has 0 aliphatic rings. The Hall–Kier alpha value is -1.86. The number of ether oxygens (including phenoxy) is 1. The molecule has 0 bridgehead atoms. The lowest BCUT2D eigenvalue weighted by atomic mass is 9.81. The molecule has 0 saturated heterocycles. The molecule has 0 aliphatic carbocycles. The zero-order valence-corrected chi connectivity index (χ0v) is 11.1. The second kappa shape index (κ2) is 5.41. The SMILES string of the molecule is COc1cc([N+](=O)[O-])cc([C@H](N)C(C)(C)CO)c1O. The van der Waals surface area contributed by atoms with Crippen LogP contribution in [0.3, 0.4) is 0 Å². The first-order valence-electron chi connectivity index (χ1n) is 5.66. The van der Waals surface area contributed by atoms with Crippen molar-refractivity contribution in [1.82, 2.24) is 0 Å². The molecule has 106 valence electrons. The number of nitro benzene ring substituents is 1. The molecule has 1 aromatic carbocycles. The van der Waals surface area contributed by atoms with E-state index in [0.29, 0.717) is 0 Å². The predicted octanol–water partition coefficient (Wildman–Crippen LogP) is 1.33. The molecule has 0 saturated carbocycles. The van der Waals surface area contributed by atoms with Crippen LogP contribution in [0.25, 0.3) is 0 Å². The van der Waals surface area contributed by atoms with Crippen molar-refractivity contribution in [2.75, 3.05) is 13.7 Å². The highest BCUT2D eigenvalue weighted by Gasteiger charge is 2.31. The van der Waals surface area contributed by atoms with E-state index in [0.717, 1.165) is 6.07 Å². The number of non-ortho nitro benzene ring substituents is 1. The third-order valence-electron chi connectivity index (χ3n) is 3.10. The highest BCUT2D eigenvalue weighted by molar-refractivity contribution is 5.55. The van der Waals surface area contributed by atoms with Gasteiger partial charge in [0.15, 0.2) is 11.5 Å². The summed E-state index contributed by atoms with van der Waals surface area (Å²) < 4.78 is 4.90. The molecule has 0 aliphatic heterocycles. The molecule has 19 heavy (non-hydrogen) atoms. The molecular formula is C12H18N2O5. The van der Waals surface area contributed by atoms with Gasteiger partial charge < -0.3 is 20.7 Å². The minimum absolute atomic E-state index is 0.0200. The Morgan fingerprint density at radius 1 is 1.53 bits per heavy atom. The number of hydrogen-bond donors (Lipinski definition) is 3. The van der Waals surface area contributed by atoms with Gasteiger partial charge in [0.2, 0.25) is 0 Å². The van der Waals surface area contributed by atoms with Crippen LogP contribution in [0.5, 0.6) is 11.5 Å². The Bertz CT molecular complexity index is 487. The number of phenols is 1. The quantitative estimate of drug-likeness (QED) is 0.548. The van der Waals surface area contributed by atoms with E-state index in [1.807, 2.05) is 0 Å². The van der Waals surface area contributed by atoms with Gasteiger partial charge in [0.25, 0.3) is 5.69 Å². The standard InChI is InChI=1S/C12H18N2O5/c1-12(2,6-15)11(13)8-4-7(14(17)18)5-9(19-3)10(8)16/h4-5,11,15-16H,6,13H2,1-3H3/t11-/m0/s1. The lowest BCUT2D eigenvalue weighted by molar-refractivity contribution is -0.385. The van der Waals surface area contributed by atoms with Gasteiger partial charge in [-0.05, 0) is 0 Å². The van der Waals surface area contributed by atoms with Crippen LogP contribution >= 0.6 is 0 Å². The van der Waals surface area contributed by atoms with Gasteiger partial charge in [0.1, 0.15) is 0 Å². The number of aliphatic hydroxyl groups excluding tert-OH is 1. The third kappa shape index (κ3) is 2.94. The van der Waals surface area contributed by atoms with Crippen LogP contribution in [0.2, 0.25) is 0 Å². The lowest BCUT2D eigenvalue weighted by Crippen LogP contribution is -2.32. The number of nitrogens with two attached hydrogens (primary N) is 1. The predicted molar refractivity (Wildman–Crippen MR) is 69.1 cm³/mol. The molecule has 0 aromatic heterocycles. The average molecular weight is 270 g/mol. The van der Waals surface area contributed by atoms with Crippen LogP contribution in [0.15, 0.2) is 12.1 Å². The zero-order chi connectivity index (χ0) is 14.8. The number of aliphatic hydroxyl groups is 1. The third-order valence-corrected chi connectivity index (χ3v) is 3.10. The van der Waals surface area contributed by atoms with Gasteiger partial charge >= 0.3 is 0 Å². The second-order valence-corrected chi connectivity index (χ2v) is 4.97. The van der Waals surface area contributed by atoms with Crippen molar-refractivity contribution in [3.8, 4) is 11.5 Å². The van der Waals surface area contributed by atoms with Crippen molar-refractivity contribution in [2.24, 2.45) is 11.1 Å². The van der Waals surface area contributed by atoms with Crippen molar-refractivity contribution in [3.05, 3.63) is 27.8 Å². The molecule has 0 fully saturated rings. The van der Waals surface area contributed by atoms with E-state index in [9.17, 15) is 20.3 Å². The van der Waals surface area contributed by atoms with E-state index in [4.69, 9.17) is 10.5 Å². The first-order valence-corrected chi connectivity index (χ1v) is 5.66. The normalized spacial score (nSPS) is 13.1. The van der Waals surface area contributed by atoms with Gasteiger partial charge in [-0.2, -0.15) is 0 Å². The van der Waals surface area contributed by atoms with Gasteiger partial charge in [-0.1, -0.05) is 13.8 Å². The smallest absolute Gasteiger partial charge is 0.273 e. The van der Waals surface area contributed by atoms with Crippen molar-refractivity contribution < 1.29 is 19.9 Å². The van der Waals surface area contributed by atoms with Crippen LogP contribution < -0.4 is 10.5 Å². The minimum atomic E-state index is -0.772. The first kappa shape index (κ1) is 15.2. The van der Waals surface area contributed by atoms with E-state index in [1.54, 1.807) is 13.8 Å². The van der Waals surface area contributed by atoms with Crippen molar-refractivity contribution in [2.45, 2.75) is 19.9 Å². The number of phenolic OH excluding ortho intramolecular Hbond substituents is 1. The summed E-state index contributed by atoms with van der Waals surface area (Å²) in [4.78, 5) is 10.3. The molecule has 7 nitrogen and oxygen atoms in total. The van der Waals surface area contributed by atoms with Gasteiger partial charge in [0, 0.05) is 29.7 Å². The molecule has 1 rings (SSSR count). The second-order valence-electron chi connectivity index (χ2n) is 4.97. The Balaban J connectivity index is 3.41. The number of hydrogen-bond acceptors (Lipinski definition) is 6. The Kier molecular flexibility index (Phi) is 4.33. The Morgan fingerprint density at radius 2 is 2.11 bits per heavy atom. The fourth-order valence-corrected chi connectivity index (χ4v) is 1.63. The van der Waals surface area contributed by atoms with Gasteiger partial charge in [0.05, 0.1) is 18.1 Å². The number of methoxy groups -OCH3 is 1. The number of aromatic hydroxyl groups is 1. The first-order chi connectivity index (χ1) is 8.74. The number of benzene rings is 1. The molecule has 0 spiro atoms. The number of nitrogens with zero attached hydrogens (tertiary/aromatic N) is 1. The maximum absolute atomic E-state index is 10.9. The zero-order valence-electron chi connectivity index (χ0n) is 11.1. The fourth-order valence-electron chi connectivity index (χ4n) is 1.63. The van der Waals surface area contributed by atoms with Crippen molar-refractivity contribution >= 4 is 5.69 Å². The van der Waals surface area contributed by atoms with E-state index >= 15 is 0 Å². The molecule has 0 amide bonds. The fraction of sp³-hybridized carbons (Fsp3) is 0.500. The molecule has 1 aromatic rings. The minimum Gasteiger partial charge on any atom is -0.504 e. The van der Waals surface area contributed by atoms with Crippen LogP contribution in [0.4, 0.5) is 5.69 Å². The Morgan fingerprint density at radius 3 is 2.53 bits per heavy atom. The van der Waals surface area contributed by atoms with Crippen LogP contribution in [0, 0.1) is 15.5 Å². The summed E-state index contributed by atoms with van der Waals surface area (Å²) in [6, 6.07) is 1.54. The van der Waals surface area contributed by atoms with E-state index in [-0.39, 0.29) is 29.4 Å². The van der Waals surface area contributed by atoms with Crippen LogP contribution in [-0.4, -0.2) is 28.9 Å². The molecule has 4 N–H and O–H groups in total. The summed E-state index contributed by atoms with van der Waals surface area (Å²) in [5, 5.41) is 30.2. The summed E-state index contributed by atoms with van der Waals surface area (Å²) in [6.45, 7) is 3.17. The molecule has 0 heterocycles. The average Bonchev–Trinajstić information content (AvgIpc) is 2.37. The summed E-state index contributed by atoms with van der Waals surface area (Å²) >= 11 is 0. The highest BCUT2D eigenvalue weighted by atomic mass is 16.6. The van der Waals surface area contributed by atoms with E-state index < -0.39 is 16.4 Å². The van der Waals surface area contributed by atoms with Gasteiger partial charge in [-0.25, -0.2) is 0 Å². The lowest BCUT2D eigenvalue weighted by Gasteiger charge is -2.30. The van der Waals surface area contributed by atoms with Crippen LogP contribution in [-0.2, 0) is 0 Å². The maximum Gasteiger partial charge on any atom is 0.273 e. The molecule has 1 atom stereocenters. The topological polar surface area (TPSA) is 119 Å². The monoisotopic (exact) mass is 270 g/mol. The summed E-state index contributed by atoms with van der Waals surface area (Å²) in [6.07, 6.45) is 0.